The van der Waals surface area contributed by atoms with Gasteiger partial charge in [-0.25, -0.2) is 10.3 Å². The second-order valence-corrected chi connectivity index (χ2v) is 6.75. The highest BCUT2D eigenvalue weighted by Crippen LogP contribution is 2.30. The first-order valence-electron chi connectivity index (χ1n) is 8.68. The van der Waals surface area contributed by atoms with Crippen molar-refractivity contribution in [3.8, 4) is 0 Å². The lowest BCUT2D eigenvalue weighted by molar-refractivity contribution is -0.384. The van der Waals surface area contributed by atoms with Gasteiger partial charge in [0.15, 0.2) is 0 Å². The van der Waals surface area contributed by atoms with Gasteiger partial charge in [-0.2, -0.15) is 0 Å². The molecule has 0 aromatic heterocycles. The van der Waals surface area contributed by atoms with Gasteiger partial charge >= 0.3 is 6.03 Å². The molecule has 0 spiro atoms. The molecule has 11 heteroatoms. The van der Waals surface area contributed by atoms with Gasteiger partial charge in [0.05, 0.1) is 4.92 Å². The average molecular weight is 420 g/mol. The van der Waals surface area contributed by atoms with E-state index in [1.54, 1.807) is 34.1 Å². The Balaban J connectivity index is 1.68. The molecule has 1 aliphatic rings. The van der Waals surface area contributed by atoms with Crippen LogP contribution >= 0.6 is 11.6 Å². The fourth-order valence-electron chi connectivity index (χ4n) is 3.06. The van der Waals surface area contributed by atoms with E-state index in [1.165, 1.54) is 17.6 Å². The molecule has 0 bridgehead atoms. The average Bonchev–Trinajstić information content (AvgIpc) is 2.72. The molecule has 0 atom stereocenters. The first-order chi connectivity index (χ1) is 13.9. The Kier molecular flexibility index (Phi) is 6.15. The van der Waals surface area contributed by atoms with Crippen molar-refractivity contribution in [1.29, 1.82) is 0 Å². The lowest BCUT2D eigenvalue weighted by atomic mass is 10.1. The van der Waals surface area contributed by atoms with Gasteiger partial charge in [-0.05, 0) is 30.3 Å². The molecule has 2 aromatic carbocycles. The highest BCUT2D eigenvalue weighted by Gasteiger charge is 2.27. The standard InChI is InChI=1S/C18H18ClN5O5/c19-13-2-1-3-14(11-13)20-18(26)23-8-6-22(7-9-23)15-5-4-12(17(25)21-27)10-16(15)24(28)29/h1-5,10-11,27H,6-9H2,(H,20,26)(H,21,25). The van der Waals surface area contributed by atoms with Crippen LogP contribution in [0.4, 0.5) is 21.9 Å². The number of nitro groups is 1. The Morgan fingerprint density at radius 3 is 2.45 bits per heavy atom. The molecule has 152 valence electrons. The molecule has 1 saturated heterocycles. The Morgan fingerprint density at radius 1 is 1.10 bits per heavy atom. The van der Waals surface area contributed by atoms with Crippen molar-refractivity contribution in [2.45, 2.75) is 0 Å². The predicted molar refractivity (Wildman–Crippen MR) is 107 cm³/mol. The maximum atomic E-state index is 12.4. The molecule has 0 saturated carbocycles. The molecule has 3 rings (SSSR count). The zero-order valence-electron chi connectivity index (χ0n) is 15.2. The molecule has 10 nitrogen and oxygen atoms in total. The molecule has 2 aromatic rings. The lowest BCUT2D eigenvalue weighted by Crippen LogP contribution is -2.50. The Morgan fingerprint density at radius 2 is 1.83 bits per heavy atom. The molecule has 3 amide bonds. The number of hydrogen-bond donors (Lipinski definition) is 3. The third-order valence-corrected chi connectivity index (χ3v) is 4.75. The van der Waals surface area contributed by atoms with E-state index < -0.39 is 10.8 Å². The van der Waals surface area contributed by atoms with Crippen LogP contribution in [0.2, 0.25) is 5.02 Å². The quantitative estimate of drug-likeness (QED) is 0.397. The summed E-state index contributed by atoms with van der Waals surface area (Å²) in [4.78, 5) is 38.2. The maximum Gasteiger partial charge on any atom is 0.321 e. The normalized spacial score (nSPS) is 13.7. The van der Waals surface area contributed by atoms with E-state index in [9.17, 15) is 19.7 Å². The number of nitro benzene ring substituents is 1. The van der Waals surface area contributed by atoms with Crippen molar-refractivity contribution in [1.82, 2.24) is 10.4 Å². The second kappa shape index (κ2) is 8.76. The van der Waals surface area contributed by atoms with Crippen molar-refractivity contribution in [3.63, 3.8) is 0 Å². The van der Waals surface area contributed by atoms with Crippen molar-refractivity contribution < 1.29 is 19.7 Å². The highest BCUT2D eigenvalue weighted by atomic mass is 35.5. The highest BCUT2D eigenvalue weighted by molar-refractivity contribution is 6.30. The van der Waals surface area contributed by atoms with Crippen LogP contribution in [-0.4, -0.2) is 53.1 Å². The number of nitrogens with one attached hydrogen (secondary N) is 2. The van der Waals surface area contributed by atoms with Crippen LogP contribution in [0.25, 0.3) is 0 Å². The summed E-state index contributed by atoms with van der Waals surface area (Å²) in [5.74, 6) is -0.831. The first kappa shape index (κ1) is 20.4. The summed E-state index contributed by atoms with van der Waals surface area (Å²) in [5.41, 5.74) is 2.11. The monoisotopic (exact) mass is 419 g/mol. The van der Waals surface area contributed by atoms with E-state index in [1.807, 2.05) is 0 Å². The number of piperazine rings is 1. The number of rotatable bonds is 4. The first-order valence-corrected chi connectivity index (χ1v) is 9.06. The van der Waals surface area contributed by atoms with E-state index in [0.717, 1.165) is 6.07 Å². The lowest BCUT2D eigenvalue weighted by Gasteiger charge is -2.35. The van der Waals surface area contributed by atoms with Crippen molar-refractivity contribution in [2.75, 3.05) is 36.4 Å². The van der Waals surface area contributed by atoms with Crippen LogP contribution in [-0.2, 0) is 0 Å². The molecule has 29 heavy (non-hydrogen) atoms. The molecular weight excluding hydrogens is 402 g/mol. The number of hydroxylamine groups is 1. The number of benzene rings is 2. The summed E-state index contributed by atoms with van der Waals surface area (Å²) >= 11 is 5.92. The second-order valence-electron chi connectivity index (χ2n) is 6.32. The number of anilines is 2. The summed E-state index contributed by atoms with van der Waals surface area (Å²) in [5, 5.41) is 23.4. The minimum atomic E-state index is -0.831. The summed E-state index contributed by atoms with van der Waals surface area (Å²) < 4.78 is 0. The van der Waals surface area contributed by atoms with Crippen LogP contribution in [0.5, 0.6) is 0 Å². The molecule has 3 N–H and O–H groups in total. The van der Waals surface area contributed by atoms with E-state index in [2.05, 4.69) is 5.32 Å². The molecule has 0 unspecified atom stereocenters. The number of urea groups is 1. The molecule has 0 aliphatic carbocycles. The van der Waals surface area contributed by atoms with Gasteiger partial charge in [0.2, 0.25) is 0 Å². The van der Waals surface area contributed by atoms with Gasteiger partial charge in [-0.15, -0.1) is 0 Å². The van der Waals surface area contributed by atoms with Crippen LogP contribution in [0, 0.1) is 10.1 Å². The molecule has 1 fully saturated rings. The Bertz CT molecular complexity index is 946. The summed E-state index contributed by atoms with van der Waals surface area (Å²) in [7, 11) is 0. The third kappa shape index (κ3) is 4.73. The number of carbonyl (C=O) groups excluding carboxylic acids is 2. The largest absolute Gasteiger partial charge is 0.362 e. The van der Waals surface area contributed by atoms with Gasteiger partial charge in [0.25, 0.3) is 11.6 Å². The molecule has 0 radical (unpaired) electrons. The smallest absolute Gasteiger partial charge is 0.321 e. The van der Waals surface area contributed by atoms with Gasteiger partial charge < -0.3 is 15.1 Å². The maximum absolute atomic E-state index is 12.4. The topological polar surface area (TPSA) is 128 Å². The summed E-state index contributed by atoms with van der Waals surface area (Å²) in [6.07, 6.45) is 0. The Hall–Kier alpha value is -3.37. The third-order valence-electron chi connectivity index (χ3n) is 4.52. The molecule has 1 aliphatic heterocycles. The van der Waals surface area contributed by atoms with Crippen molar-refractivity contribution in [2.24, 2.45) is 0 Å². The SMILES string of the molecule is O=C(NO)c1ccc(N2CCN(C(=O)Nc3cccc(Cl)c3)CC2)c([N+](=O)[O-])c1. The van der Waals surface area contributed by atoms with E-state index in [0.29, 0.717) is 42.6 Å². The van der Waals surface area contributed by atoms with Crippen LogP contribution in [0.15, 0.2) is 42.5 Å². The minimum Gasteiger partial charge on any atom is -0.362 e. The van der Waals surface area contributed by atoms with Gasteiger partial charge in [-0.3, -0.25) is 20.1 Å². The number of nitrogens with zero attached hydrogens (tertiary/aromatic N) is 3. The van der Waals surface area contributed by atoms with Gasteiger partial charge in [0, 0.05) is 48.5 Å². The number of carbonyl (C=O) groups is 2. The van der Waals surface area contributed by atoms with Crippen LogP contribution in [0.1, 0.15) is 10.4 Å². The van der Waals surface area contributed by atoms with Gasteiger partial charge in [0.1, 0.15) is 5.69 Å². The van der Waals surface area contributed by atoms with Crippen molar-refractivity contribution in [3.05, 3.63) is 63.2 Å². The summed E-state index contributed by atoms with van der Waals surface area (Å²) in [6.45, 7) is 1.50. The zero-order chi connectivity index (χ0) is 21.0. The zero-order valence-corrected chi connectivity index (χ0v) is 15.9. The predicted octanol–water partition coefficient (Wildman–Crippen LogP) is 2.72. The Labute approximate surface area is 170 Å². The fraction of sp³-hybridized carbons (Fsp3) is 0.222. The van der Waals surface area contributed by atoms with Crippen LogP contribution < -0.4 is 15.7 Å². The van der Waals surface area contributed by atoms with E-state index >= 15 is 0 Å². The molecular formula is C18H18ClN5O5. The number of amides is 3. The molecule has 1 heterocycles. The minimum absolute atomic E-state index is 0.0255. The summed E-state index contributed by atoms with van der Waals surface area (Å²) in [6, 6.07) is 10.5. The van der Waals surface area contributed by atoms with Gasteiger partial charge in [-0.1, -0.05) is 17.7 Å². The number of halogens is 1. The van der Waals surface area contributed by atoms with Crippen LogP contribution in [0.3, 0.4) is 0 Å². The number of hydrogen-bond acceptors (Lipinski definition) is 6. The fourth-order valence-corrected chi connectivity index (χ4v) is 3.25. The van der Waals surface area contributed by atoms with E-state index in [4.69, 9.17) is 16.8 Å². The van der Waals surface area contributed by atoms with Crippen molar-refractivity contribution >= 4 is 40.6 Å². The van der Waals surface area contributed by atoms with E-state index in [-0.39, 0.29) is 17.3 Å².